The summed E-state index contributed by atoms with van der Waals surface area (Å²) in [6.07, 6.45) is -4.79. The van der Waals surface area contributed by atoms with Crippen LogP contribution >= 0.6 is 0 Å². The summed E-state index contributed by atoms with van der Waals surface area (Å²) >= 11 is 0. The Morgan fingerprint density at radius 1 is 1.42 bits per heavy atom. The number of nitrogens with one attached hydrogen (secondary N) is 2. The molecule has 5 nitrogen and oxygen atoms in total. The van der Waals surface area contributed by atoms with E-state index in [0.717, 1.165) is 12.1 Å². The summed E-state index contributed by atoms with van der Waals surface area (Å²) in [6.45, 7) is 0. The molecule has 0 atom stereocenters. The molecule has 1 aromatic rings. The van der Waals surface area contributed by atoms with Gasteiger partial charge in [-0.05, 0) is 12.1 Å². The van der Waals surface area contributed by atoms with Gasteiger partial charge in [0.25, 0.3) is 0 Å². The lowest BCUT2D eigenvalue weighted by Crippen LogP contribution is -2.22. The minimum Gasteiger partial charge on any atom is -0.382 e. The van der Waals surface area contributed by atoms with Gasteiger partial charge in [0.15, 0.2) is 5.84 Å². The van der Waals surface area contributed by atoms with Crippen molar-refractivity contribution >= 4 is 17.2 Å². The molecule has 0 saturated heterocycles. The van der Waals surface area contributed by atoms with Gasteiger partial charge in [0, 0.05) is 0 Å². The minimum atomic E-state index is -4.79. The lowest BCUT2D eigenvalue weighted by Gasteiger charge is -2.12. The fourth-order valence-corrected chi connectivity index (χ4v) is 1.13. The van der Waals surface area contributed by atoms with Crippen LogP contribution in [-0.2, 0) is 6.18 Å². The molecule has 0 bridgehead atoms. The van der Waals surface area contributed by atoms with E-state index in [9.17, 15) is 17.6 Å². The molecule has 100 valence electrons. The number of nitriles is 1. The topological polar surface area (TPSA) is 98.0 Å². The van der Waals surface area contributed by atoms with Crippen LogP contribution in [0, 0.1) is 22.6 Å². The van der Waals surface area contributed by atoms with Crippen molar-refractivity contribution in [3.05, 3.63) is 29.6 Å². The van der Waals surface area contributed by atoms with Crippen LogP contribution in [0.2, 0.25) is 0 Å². The van der Waals surface area contributed by atoms with Gasteiger partial charge in [-0.15, -0.1) is 0 Å². The highest BCUT2D eigenvalue weighted by molar-refractivity contribution is 6.45. The van der Waals surface area contributed by atoms with Crippen molar-refractivity contribution < 1.29 is 17.6 Å². The first-order valence-corrected chi connectivity index (χ1v) is 4.71. The van der Waals surface area contributed by atoms with Gasteiger partial charge in [0.1, 0.15) is 17.6 Å². The maximum Gasteiger partial charge on any atom is 0.418 e. The van der Waals surface area contributed by atoms with Crippen LogP contribution < -0.4 is 11.2 Å². The van der Waals surface area contributed by atoms with Gasteiger partial charge in [-0.3, -0.25) is 10.8 Å². The number of rotatable bonds is 3. The first kappa shape index (κ1) is 14.4. The lowest BCUT2D eigenvalue weighted by atomic mass is 10.1. The van der Waals surface area contributed by atoms with Crippen molar-refractivity contribution in [2.45, 2.75) is 6.18 Å². The van der Waals surface area contributed by atoms with Crippen LogP contribution in [0.15, 0.2) is 23.3 Å². The van der Waals surface area contributed by atoms with Crippen LogP contribution in [0.25, 0.3) is 0 Å². The molecule has 0 unspecified atom stereocenters. The third-order valence-electron chi connectivity index (χ3n) is 1.96. The molecule has 0 radical (unpaired) electrons. The van der Waals surface area contributed by atoms with Crippen molar-refractivity contribution in [3.63, 3.8) is 0 Å². The zero-order valence-electron chi connectivity index (χ0n) is 9.22. The third-order valence-corrected chi connectivity index (χ3v) is 1.96. The van der Waals surface area contributed by atoms with E-state index < -0.39 is 34.8 Å². The second kappa shape index (κ2) is 5.34. The number of nitrogens with two attached hydrogens (primary N) is 1. The quantitative estimate of drug-likeness (QED) is 0.340. The summed E-state index contributed by atoms with van der Waals surface area (Å²) in [5.74, 6) is -1.95. The average molecular weight is 273 g/mol. The van der Waals surface area contributed by atoms with Crippen molar-refractivity contribution in [1.29, 1.82) is 10.7 Å². The van der Waals surface area contributed by atoms with E-state index >= 15 is 0 Å². The lowest BCUT2D eigenvalue weighted by molar-refractivity contribution is -0.137. The van der Waals surface area contributed by atoms with E-state index in [0.29, 0.717) is 6.07 Å². The van der Waals surface area contributed by atoms with E-state index in [1.807, 2.05) is 0 Å². The van der Waals surface area contributed by atoms with Crippen molar-refractivity contribution in [1.82, 2.24) is 0 Å². The molecule has 1 rings (SSSR count). The van der Waals surface area contributed by atoms with E-state index in [2.05, 4.69) is 5.10 Å². The first-order chi connectivity index (χ1) is 8.77. The summed E-state index contributed by atoms with van der Waals surface area (Å²) in [7, 11) is 0. The predicted octanol–water partition coefficient (Wildman–Crippen LogP) is 2.07. The molecule has 0 amide bonds. The van der Waals surface area contributed by atoms with Gasteiger partial charge < -0.3 is 5.73 Å². The Hall–Kier alpha value is -2.63. The molecule has 9 heteroatoms. The Kier molecular flexibility index (Phi) is 4.06. The number of halogens is 4. The fourth-order valence-electron chi connectivity index (χ4n) is 1.13. The molecule has 0 aliphatic rings. The molecule has 0 heterocycles. The van der Waals surface area contributed by atoms with Crippen molar-refractivity contribution in [3.8, 4) is 6.07 Å². The molecule has 0 aromatic heterocycles. The molecule has 0 fully saturated rings. The molecule has 4 N–H and O–H groups in total. The zero-order chi connectivity index (χ0) is 14.6. The van der Waals surface area contributed by atoms with Gasteiger partial charge in [0.2, 0.25) is 5.71 Å². The molecular weight excluding hydrogens is 266 g/mol. The van der Waals surface area contributed by atoms with E-state index in [-0.39, 0.29) is 0 Å². The highest BCUT2D eigenvalue weighted by Crippen LogP contribution is 2.36. The Morgan fingerprint density at radius 3 is 2.53 bits per heavy atom. The van der Waals surface area contributed by atoms with Crippen LogP contribution in [0.3, 0.4) is 0 Å². The Balaban J connectivity index is 3.22. The standard InChI is InChI=1S/C10H7F4N5/c11-6-3-1-2-5(10(12,13)14)8(6)19-18-7(4-15)9(16)17/h1-3,19H,(H3,16,17)/b18-7+. The number of alkyl halides is 3. The summed E-state index contributed by atoms with van der Waals surface area (Å²) in [4.78, 5) is 0. The average Bonchev–Trinajstić information content (AvgIpc) is 2.29. The molecule has 0 aliphatic carbocycles. The number of para-hydroxylation sites is 1. The second-order valence-electron chi connectivity index (χ2n) is 3.26. The molecular formula is C10H7F4N5. The Labute approximate surface area is 104 Å². The SMILES string of the molecule is N#C/C(=N\Nc1c(F)cccc1C(F)(F)F)C(=N)N. The normalized spacial score (nSPS) is 11.8. The van der Waals surface area contributed by atoms with Gasteiger partial charge >= 0.3 is 6.18 Å². The van der Waals surface area contributed by atoms with E-state index in [1.54, 1.807) is 5.43 Å². The first-order valence-electron chi connectivity index (χ1n) is 4.71. The van der Waals surface area contributed by atoms with Crippen molar-refractivity contribution in [2.75, 3.05) is 5.43 Å². The molecule has 0 spiro atoms. The van der Waals surface area contributed by atoms with Crippen molar-refractivity contribution in [2.24, 2.45) is 10.8 Å². The maximum atomic E-state index is 13.3. The molecule has 19 heavy (non-hydrogen) atoms. The monoisotopic (exact) mass is 273 g/mol. The van der Waals surface area contributed by atoms with Gasteiger partial charge in [-0.2, -0.15) is 23.5 Å². The van der Waals surface area contributed by atoms with Crippen LogP contribution in [0.1, 0.15) is 5.56 Å². The number of benzene rings is 1. The molecule has 0 aliphatic heterocycles. The zero-order valence-corrected chi connectivity index (χ0v) is 9.22. The number of hydrogen-bond donors (Lipinski definition) is 3. The summed E-state index contributed by atoms with van der Waals surface area (Å²) in [6, 6.07) is 3.73. The van der Waals surface area contributed by atoms with Gasteiger partial charge in [-0.25, -0.2) is 4.39 Å². The van der Waals surface area contributed by atoms with Crippen LogP contribution in [-0.4, -0.2) is 11.5 Å². The minimum absolute atomic E-state index is 0.654. The van der Waals surface area contributed by atoms with E-state index in [1.165, 1.54) is 6.07 Å². The summed E-state index contributed by atoms with van der Waals surface area (Å²) in [5, 5.41) is 18.6. The fraction of sp³-hybridized carbons (Fsp3) is 0.100. The predicted molar refractivity (Wildman–Crippen MR) is 60.0 cm³/mol. The van der Waals surface area contributed by atoms with E-state index in [4.69, 9.17) is 16.4 Å². The number of hydrogen-bond acceptors (Lipinski definition) is 4. The largest absolute Gasteiger partial charge is 0.418 e. The highest BCUT2D eigenvalue weighted by Gasteiger charge is 2.34. The Morgan fingerprint density at radius 2 is 2.05 bits per heavy atom. The Bertz CT molecular complexity index is 570. The number of nitrogens with zero attached hydrogens (tertiary/aromatic N) is 2. The molecule has 0 saturated carbocycles. The number of anilines is 1. The summed E-state index contributed by atoms with van der Waals surface area (Å²) < 4.78 is 51.2. The van der Waals surface area contributed by atoms with Gasteiger partial charge in [-0.1, -0.05) is 6.07 Å². The smallest absolute Gasteiger partial charge is 0.382 e. The van der Waals surface area contributed by atoms with Crippen LogP contribution in [0.5, 0.6) is 0 Å². The number of amidine groups is 1. The third kappa shape index (κ3) is 3.41. The number of hydrazone groups is 1. The second-order valence-corrected chi connectivity index (χ2v) is 3.26. The van der Waals surface area contributed by atoms with Gasteiger partial charge in [0.05, 0.1) is 5.56 Å². The highest BCUT2D eigenvalue weighted by atomic mass is 19.4. The maximum absolute atomic E-state index is 13.3. The van der Waals surface area contributed by atoms with Crippen LogP contribution in [0.4, 0.5) is 23.2 Å². The summed E-state index contributed by atoms with van der Waals surface area (Å²) in [5.41, 5.74) is 3.84. The molecule has 1 aromatic carbocycles.